The minimum atomic E-state index is -0.281. The molecule has 5 aromatic rings. The fourth-order valence-corrected chi connectivity index (χ4v) is 5.70. The lowest BCUT2D eigenvalue weighted by Gasteiger charge is -2.34. The minimum Gasteiger partial charge on any atom is -0.506 e. The van der Waals surface area contributed by atoms with Gasteiger partial charge in [0.2, 0.25) is 0 Å². The van der Waals surface area contributed by atoms with Crippen LogP contribution in [-0.4, -0.2) is 64.9 Å². The molecule has 2 aromatic carbocycles. The summed E-state index contributed by atoms with van der Waals surface area (Å²) in [5.41, 5.74) is 3.59. The highest BCUT2D eigenvalue weighted by molar-refractivity contribution is 7.16. The number of nitrogens with zero attached hydrogens (tertiary/aromatic N) is 4. The van der Waals surface area contributed by atoms with Gasteiger partial charge in [-0.3, -0.25) is 9.36 Å². The zero-order valence-corrected chi connectivity index (χ0v) is 21.0. The number of aromatic nitrogens is 3. The first kappa shape index (κ1) is 22.6. The molecule has 0 aliphatic carbocycles. The van der Waals surface area contributed by atoms with E-state index in [2.05, 4.69) is 34.0 Å². The van der Waals surface area contributed by atoms with Gasteiger partial charge < -0.3 is 24.6 Å². The number of imidazole rings is 1. The highest BCUT2D eigenvalue weighted by Gasteiger charge is 2.22. The number of methoxy groups -OCH3 is 1. The Morgan fingerprint density at radius 2 is 1.86 bits per heavy atom. The van der Waals surface area contributed by atoms with Gasteiger partial charge in [-0.2, -0.15) is 0 Å². The van der Waals surface area contributed by atoms with Crippen molar-refractivity contribution in [3.05, 3.63) is 69.8 Å². The van der Waals surface area contributed by atoms with Crippen molar-refractivity contribution in [3.63, 3.8) is 0 Å². The summed E-state index contributed by atoms with van der Waals surface area (Å²) in [5.74, 6) is 1.09. The number of rotatable bonds is 5. The third-order valence-corrected chi connectivity index (χ3v) is 7.85. The molecule has 8 nitrogen and oxygen atoms in total. The number of nitrogens with one attached hydrogen (secondary N) is 1. The largest absolute Gasteiger partial charge is 0.506 e. The maximum absolute atomic E-state index is 13.8. The number of anilines is 1. The number of piperazine rings is 1. The highest BCUT2D eigenvalue weighted by Crippen LogP contribution is 2.36. The molecule has 184 valence electrons. The molecule has 0 saturated carbocycles. The number of aromatic hydroxyl groups is 1. The van der Waals surface area contributed by atoms with Crippen LogP contribution in [0.1, 0.15) is 5.56 Å². The van der Waals surface area contributed by atoms with Gasteiger partial charge in [-0.15, -0.1) is 11.3 Å². The molecular formula is C27H27N5O3S. The van der Waals surface area contributed by atoms with Gasteiger partial charge in [0, 0.05) is 31.9 Å². The summed E-state index contributed by atoms with van der Waals surface area (Å²) in [6.07, 6.45) is 0. The molecule has 0 atom stereocenters. The van der Waals surface area contributed by atoms with E-state index in [1.807, 2.05) is 41.8 Å². The van der Waals surface area contributed by atoms with Crippen molar-refractivity contribution < 1.29 is 9.84 Å². The van der Waals surface area contributed by atoms with Crippen LogP contribution in [-0.2, 0) is 6.54 Å². The van der Waals surface area contributed by atoms with Crippen LogP contribution in [0.2, 0.25) is 0 Å². The Labute approximate surface area is 212 Å². The topological polar surface area (TPSA) is 86.6 Å². The number of hydrogen-bond donors (Lipinski definition) is 2. The molecule has 9 heteroatoms. The second kappa shape index (κ2) is 9.00. The van der Waals surface area contributed by atoms with E-state index in [4.69, 9.17) is 9.72 Å². The molecule has 0 spiro atoms. The summed E-state index contributed by atoms with van der Waals surface area (Å²) in [5, 5.41) is 13.7. The van der Waals surface area contributed by atoms with Crippen molar-refractivity contribution in [1.29, 1.82) is 0 Å². The molecule has 6 rings (SSSR count). The molecule has 3 aromatic heterocycles. The Kier molecular flexibility index (Phi) is 5.66. The van der Waals surface area contributed by atoms with Crippen LogP contribution < -0.4 is 15.2 Å². The predicted molar refractivity (Wildman–Crippen MR) is 145 cm³/mol. The van der Waals surface area contributed by atoms with Crippen LogP contribution in [0.25, 0.3) is 32.6 Å². The first-order chi connectivity index (χ1) is 17.5. The van der Waals surface area contributed by atoms with Gasteiger partial charge in [0.25, 0.3) is 5.56 Å². The van der Waals surface area contributed by atoms with E-state index in [1.54, 1.807) is 11.7 Å². The fraction of sp³-hybridized carbons (Fsp3) is 0.259. The van der Waals surface area contributed by atoms with Gasteiger partial charge in [-0.25, -0.2) is 4.98 Å². The molecule has 0 radical (unpaired) electrons. The van der Waals surface area contributed by atoms with E-state index in [1.165, 1.54) is 11.3 Å². The van der Waals surface area contributed by atoms with E-state index < -0.39 is 0 Å². The molecule has 0 bridgehead atoms. The number of aromatic amines is 1. The zero-order valence-electron chi connectivity index (χ0n) is 20.2. The molecule has 2 N–H and O–H groups in total. The van der Waals surface area contributed by atoms with E-state index in [0.717, 1.165) is 59.0 Å². The highest BCUT2D eigenvalue weighted by atomic mass is 32.1. The van der Waals surface area contributed by atoms with Crippen LogP contribution in [0, 0.1) is 0 Å². The average Bonchev–Trinajstić information content (AvgIpc) is 3.55. The van der Waals surface area contributed by atoms with Gasteiger partial charge in [-0.05, 0) is 54.4 Å². The molecule has 1 aliphatic heterocycles. The SMILES string of the molecule is COc1ccc(Cn2c(=O)c(-c3nc4ccc(N5CCN(C)CC5)cc4[nH]3)c(O)c3ccsc32)cc1. The lowest BCUT2D eigenvalue weighted by molar-refractivity contribution is 0.313. The monoisotopic (exact) mass is 501 g/mol. The zero-order chi connectivity index (χ0) is 24.8. The quantitative estimate of drug-likeness (QED) is 0.377. The van der Waals surface area contributed by atoms with Crippen molar-refractivity contribution >= 4 is 38.3 Å². The minimum absolute atomic E-state index is 0.0411. The molecule has 1 saturated heterocycles. The number of thiophene rings is 1. The molecule has 36 heavy (non-hydrogen) atoms. The van der Waals surface area contributed by atoms with E-state index in [0.29, 0.717) is 17.8 Å². The first-order valence-electron chi connectivity index (χ1n) is 11.9. The maximum Gasteiger partial charge on any atom is 0.266 e. The Morgan fingerprint density at radius 3 is 2.61 bits per heavy atom. The second-order valence-corrected chi connectivity index (χ2v) is 10.1. The Hall–Kier alpha value is -3.82. The van der Waals surface area contributed by atoms with Crippen LogP contribution in [0.15, 0.2) is 58.7 Å². The first-order valence-corrected chi connectivity index (χ1v) is 12.8. The van der Waals surface area contributed by atoms with Crippen LogP contribution in [0.5, 0.6) is 11.5 Å². The molecule has 4 heterocycles. The lowest BCUT2D eigenvalue weighted by atomic mass is 10.1. The van der Waals surface area contributed by atoms with Crippen LogP contribution >= 0.6 is 11.3 Å². The lowest BCUT2D eigenvalue weighted by Crippen LogP contribution is -2.44. The molecule has 0 amide bonds. The number of pyridine rings is 1. The number of benzene rings is 2. The van der Waals surface area contributed by atoms with Crippen LogP contribution in [0.3, 0.4) is 0 Å². The van der Waals surface area contributed by atoms with Gasteiger partial charge in [0.15, 0.2) is 0 Å². The Bertz CT molecular complexity index is 1610. The third kappa shape index (κ3) is 3.90. The summed E-state index contributed by atoms with van der Waals surface area (Å²) >= 11 is 1.43. The Morgan fingerprint density at radius 1 is 1.08 bits per heavy atom. The van der Waals surface area contributed by atoms with Gasteiger partial charge >= 0.3 is 0 Å². The van der Waals surface area contributed by atoms with Crippen molar-refractivity contribution in [2.75, 3.05) is 45.2 Å². The van der Waals surface area contributed by atoms with Crippen molar-refractivity contribution in [1.82, 2.24) is 19.4 Å². The fourth-order valence-electron chi connectivity index (χ4n) is 4.80. The van der Waals surface area contributed by atoms with Crippen molar-refractivity contribution in [2.24, 2.45) is 0 Å². The normalized spacial score (nSPS) is 14.7. The van der Waals surface area contributed by atoms with Gasteiger partial charge in [0.05, 0.1) is 30.1 Å². The molecule has 0 unspecified atom stereocenters. The summed E-state index contributed by atoms with van der Waals surface area (Å²) in [7, 11) is 3.77. The smallest absolute Gasteiger partial charge is 0.266 e. The molecule has 1 aliphatic rings. The van der Waals surface area contributed by atoms with Gasteiger partial charge in [-0.1, -0.05) is 12.1 Å². The van der Waals surface area contributed by atoms with E-state index >= 15 is 0 Å². The third-order valence-electron chi connectivity index (χ3n) is 6.91. The van der Waals surface area contributed by atoms with E-state index in [9.17, 15) is 9.90 Å². The summed E-state index contributed by atoms with van der Waals surface area (Å²) in [6.45, 7) is 4.35. The second-order valence-electron chi connectivity index (χ2n) is 9.18. The summed E-state index contributed by atoms with van der Waals surface area (Å²) in [6, 6.07) is 15.6. The summed E-state index contributed by atoms with van der Waals surface area (Å²) in [4.78, 5) is 27.2. The summed E-state index contributed by atoms with van der Waals surface area (Å²) < 4.78 is 6.97. The van der Waals surface area contributed by atoms with E-state index in [-0.39, 0.29) is 16.9 Å². The van der Waals surface area contributed by atoms with Crippen molar-refractivity contribution in [2.45, 2.75) is 6.54 Å². The average molecular weight is 502 g/mol. The number of hydrogen-bond acceptors (Lipinski definition) is 7. The van der Waals surface area contributed by atoms with Crippen LogP contribution in [0.4, 0.5) is 5.69 Å². The number of likely N-dealkylation sites (N-methyl/N-ethyl adjacent to an activating group) is 1. The standard InChI is InChI=1S/C27H27N5O3S/c1-30-10-12-31(13-11-30)18-5-8-21-22(15-18)29-25(28-21)23-24(33)20-9-14-36-27(20)32(26(23)34)16-17-3-6-19(35-2)7-4-17/h3-9,14-15,33H,10-13,16H2,1-2H3,(H,28,29). The Balaban J connectivity index is 1.43. The van der Waals surface area contributed by atoms with Gasteiger partial charge in [0.1, 0.15) is 27.7 Å². The number of ether oxygens (including phenoxy) is 1. The maximum atomic E-state index is 13.8. The number of H-pyrrole nitrogens is 1. The molecular weight excluding hydrogens is 474 g/mol. The molecule has 1 fully saturated rings. The number of fused-ring (bicyclic) bond motifs is 2. The van der Waals surface area contributed by atoms with Crippen molar-refractivity contribution in [3.8, 4) is 22.9 Å². The predicted octanol–water partition coefficient (Wildman–Crippen LogP) is 4.12.